The van der Waals surface area contributed by atoms with Crippen LogP contribution in [0, 0.1) is 5.92 Å². The van der Waals surface area contributed by atoms with Crippen molar-refractivity contribution in [2.24, 2.45) is 11.7 Å². The van der Waals surface area contributed by atoms with E-state index in [4.69, 9.17) is 5.73 Å². The fraction of sp³-hybridized carbons (Fsp3) is 0.400. The van der Waals surface area contributed by atoms with E-state index in [-0.39, 0.29) is 6.04 Å². The van der Waals surface area contributed by atoms with E-state index in [1.807, 2.05) is 24.4 Å². The molecule has 1 saturated carbocycles. The van der Waals surface area contributed by atoms with Crippen molar-refractivity contribution in [3.05, 3.63) is 42.1 Å². The molecule has 1 aromatic carbocycles. The number of aromatic nitrogens is 1. The highest BCUT2D eigenvalue weighted by Crippen LogP contribution is 2.34. The molecule has 2 N–H and O–H groups in total. The van der Waals surface area contributed by atoms with Crippen molar-refractivity contribution in [2.75, 3.05) is 0 Å². The van der Waals surface area contributed by atoms with Gasteiger partial charge in [-0.15, -0.1) is 0 Å². The van der Waals surface area contributed by atoms with Crippen molar-refractivity contribution < 1.29 is 0 Å². The van der Waals surface area contributed by atoms with Crippen LogP contribution in [0.4, 0.5) is 0 Å². The summed E-state index contributed by atoms with van der Waals surface area (Å²) in [5, 5.41) is 1.19. The highest BCUT2D eigenvalue weighted by molar-refractivity contribution is 5.78. The topological polar surface area (TPSA) is 38.9 Å². The monoisotopic (exact) mass is 226 g/mol. The zero-order chi connectivity index (χ0) is 11.7. The van der Waals surface area contributed by atoms with E-state index >= 15 is 0 Å². The molecule has 1 fully saturated rings. The second-order valence-electron chi connectivity index (χ2n) is 5.10. The van der Waals surface area contributed by atoms with E-state index in [9.17, 15) is 0 Å². The summed E-state index contributed by atoms with van der Waals surface area (Å²) in [5.41, 5.74) is 8.48. The molecule has 2 heteroatoms. The molecule has 3 rings (SSSR count). The van der Waals surface area contributed by atoms with Gasteiger partial charge in [-0.05, 0) is 30.0 Å². The number of nitrogens with two attached hydrogens (primary N) is 1. The Balaban J connectivity index is 1.83. The van der Waals surface area contributed by atoms with E-state index < -0.39 is 0 Å². The maximum atomic E-state index is 6.26. The molecular weight excluding hydrogens is 208 g/mol. The zero-order valence-electron chi connectivity index (χ0n) is 9.97. The van der Waals surface area contributed by atoms with Crippen molar-refractivity contribution in [3.8, 4) is 0 Å². The highest BCUT2D eigenvalue weighted by atomic mass is 14.7. The number of fused-ring (bicyclic) bond motifs is 1. The minimum atomic E-state index is 0.150. The van der Waals surface area contributed by atoms with Crippen molar-refractivity contribution in [1.82, 2.24) is 4.98 Å². The van der Waals surface area contributed by atoms with E-state index in [1.165, 1.54) is 30.2 Å². The molecule has 0 bridgehead atoms. The van der Waals surface area contributed by atoms with Crippen molar-refractivity contribution in [3.63, 3.8) is 0 Å². The van der Waals surface area contributed by atoms with E-state index in [0.29, 0.717) is 0 Å². The number of benzene rings is 1. The van der Waals surface area contributed by atoms with Crippen LogP contribution in [0.1, 0.15) is 37.3 Å². The van der Waals surface area contributed by atoms with E-state index in [0.717, 1.165) is 17.9 Å². The van der Waals surface area contributed by atoms with Gasteiger partial charge in [0.25, 0.3) is 0 Å². The lowest BCUT2D eigenvalue weighted by atomic mass is 9.80. The Hall–Kier alpha value is -1.41. The second kappa shape index (κ2) is 4.46. The van der Waals surface area contributed by atoms with Crippen LogP contribution < -0.4 is 5.73 Å². The molecular formula is C15H18N2. The summed E-state index contributed by atoms with van der Waals surface area (Å²) in [7, 11) is 0. The number of rotatable bonds is 3. The van der Waals surface area contributed by atoms with Gasteiger partial charge >= 0.3 is 0 Å². The Morgan fingerprint density at radius 2 is 2.12 bits per heavy atom. The zero-order valence-corrected chi connectivity index (χ0v) is 9.97. The summed E-state index contributed by atoms with van der Waals surface area (Å²) in [6.45, 7) is 0. The minimum Gasteiger partial charge on any atom is -0.324 e. The highest BCUT2D eigenvalue weighted by Gasteiger charge is 2.21. The van der Waals surface area contributed by atoms with Gasteiger partial charge in [0, 0.05) is 17.6 Å². The smallest absolute Gasteiger partial charge is 0.0702 e. The van der Waals surface area contributed by atoms with Gasteiger partial charge < -0.3 is 5.73 Å². The van der Waals surface area contributed by atoms with Gasteiger partial charge in [0.15, 0.2) is 0 Å². The molecule has 1 aliphatic carbocycles. The molecule has 1 heterocycles. The van der Waals surface area contributed by atoms with Crippen LogP contribution in [-0.2, 0) is 0 Å². The van der Waals surface area contributed by atoms with E-state index in [2.05, 4.69) is 17.1 Å². The standard InChI is InChI=1S/C15H18N2/c16-14(8-11-4-3-5-11)13-9-12-6-1-2-7-15(12)17-10-13/h1-2,6-7,9-11,14H,3-5,8,16H2. The molecule has 1 aromatic heterocycles. The largest absolute Gasteiger partial charge is 0.324 e. The molecule has 17 heavy (non-hydrogen) atoms. The van der Waals surface area contributed by atoms with Gasteiger partial charge in [-0.1, -0.05) is 37.5 Å². The Labute approximate surface area is 102 Å². The summed E-state index contributed by atoms with van der Waals surface area (Å²) < 4.78 is 0. The lowest BCUT2D eigenvalue weighted by molar-refractivity contribution is 0.277. The first-order chi connectivity index (χ1) is 8.33. The SMILES string of the molecule is NC(CC1CCC1)c1cnc2ccccc2c1. The Morgan fingerprint density at radius 3 is 2.88 bits per heavy atom. The molecule has 88 valence electrons. The molecule has 1 aliphatic rings. The van der Waals surface area contributed by atoms with Crippen LogP contribution in [0.2, 0.25) is 0 Å². The molecule has 1 unspecified atom stereocenters. The third-order valence-electron chi connectivity index (χ3n) is 3.85. The molecule has 0 aliphatic heterocycles. The summed E-state index contributed by atoms with van der Waals surface area (Å²) in [4.78, 5) is 4.47. The summed E-state index contributed by atoms with van der Waals surface area (Å²) in [6.07, 6.45) is 7.14. The van der Waals surface area contributed by atoms with Crippen molar-refractivity contribution in [2.45, 2.75) is 31.7 Å². The maximum absolute atomic E-state index is 6.26. The molecule has 2 aromatic rings. The van der Waals surface area contributed by atoms with Gasteiger partial charge in [-0.3, -0.25) is 4.98 Å². The second-order valence-corrected chi connectivity index (χ2v) is 5.10. The van der Waals surface area contributed by atoms with Crippen LogP contribution in [0.5, 0.6) is 0 Å². The predicted octanol–water partition coefficient (Wildman–Crippen LogP) is 3.42. The van der Waals surface area contributed by atoms with Gasteiger partial charge in [-0.2, -0.15) is 0 Å². The molecule has 0 spiro atoms. The first-order valence-corrected chi connectivity index (χ1v) is 6.43. The third-order valence-corrected chi connectivity index (χ3v) is 3.85. The average Bonchev–Trinajstić information content (AvgIpc) is 2.33. The van der Waals surface area contributed by atoms with Crippen LogP contribution in [-0.4, -0.2) is 4.98 Å². The van der Waals surface area contributed by atoms with Crippen LogP contribution in [0.15, 0.2) is 36.5 Å². The first kappa shape index (κ1) is 10.7. The average molecular weight is 226 g/mol. The Kier molecular flexibility index (Phi) is 2.81. The number of nitrogens with zero attached hydrogens (tertiary/aromatic N) is 1. The van der Waals surface area contributed by atoms with E-state index in [1.54, 1.807) is 0 Å². The lowest BCUT2D eigenvalue weighted by Crippen LogP contribution is -2.20. The Bertz CT molecular complexity index is 517. The molecule has 0 amide bonds. The summed E-state index contributed by atoms with van der Waals surface area (Å²) >= 11 is 0. The van der Waals surface area contributed by atoms with Crippen LogP contribution >= 0.6 is 0 Å². The van der Waals surface area contributed by atoms with Gasteiger partial charge in [-0.25, -0.2) is 0 Å². The third kappa shape index (κ3) is 2.18. The Morgan fingerprint density at radius 1 is 1.29 bits per heavy atom. The maximum Gasteiger partial charge on any atom is 0.0702 e. The minimum absolute atomic E-state index is 0.150. The van der Waals surface area contributed by atoms with Crippen LogP contribution in [0.3, 0.4) is 0 Å². The normalized spacial score (nSPS) is 17.9. The number of hydrogen-bond donors (Lipinski definition) is 1. The fourth-order valence-corrected chi connectivity index (χ4v) is 2.51. The summed E-state index contributed by atoms with van der Waals surface area (Å²) in [5.74, 6) is 0.844. The van der Waals surface area contributed by atoms with Gasteiger partial charge in [0.1, 0.15) is 0 Å². The molecule has 1 atom stereocenters. The molecule has 0 saturated heterocycles. The number of para-hydroxylation sites is 1. The molecule has 2 nitrogen and oxygen atoms in total. The van der Waals surface area contributed by atoms with Crippen molar-refractivity contribution in [1.29, 1.82) is 0 Å². The quantitative estimate of drug-likeness (QED) is 0.870. The van der Waals surface area contributed by atoms with Gasteiger partial charge in [0.05, 0.1) is 5.52 Å². The predicted molar refractivity (Wildman–Crippen MR) is 70.6 cm³/mol. The lowest BCUT2D eigenvalue weighted by Gasteiger charge is -2.28. The summed E-state index contributed by atoms with van der Waals surface area (Å²) in [6, 6.07) is 10.5. The fourth-order valence-electron chi connectivity index (χ4n) is 2.51. The van der Waals surface area contributed by atoms with Gasteiger partial charge in [0.2, 0.25) is 0 Å². The van der Waals surface area contributed by atoms with Crippen LogP contribution in [0.25, 0.3) is 10.9 Å². The number of hydrogen-bond acceptors (Lipinski definition) is 2. The molecule has 0 radical (unpaired) electrons. The van der Waals surface area contributed by atoms with Crippen molar-refractivity contribution >= 4 is 10.9 Å². The number of pyridine rings is 1. The first-order valence-electron chi connectivity index (χ1n) is 6.43.